The highest BCUT2D eigenvalue weighted by atomic mass is 32.1. The maximum absolute atomic E-state index is 13.0. The van der Waals surface area contributed by atoms with Crippen molar-refractivity contribution in [1.29, 1.82) is 0 Å². The van der Waals surface area contributed by atoms with Gasteiger partial charge in [-0.15, -0.1) is 11.3 Å². The van der Waals surface area contributed by atoms with Crippen LogP contribution in [0.2, 0.25) is 0 Å². The van der Waals surface area contributed by atoms with E-state index in [9.17, 15) is 9.59 Å². The molecule has 7 heteroatoms. The predicted molar refractivity (Wildman–Crippen MR) is 126 cm³/mol. The summed E-state index contributed by atoms with van der Waals surface area (Å²) in [7, 11) is 0. The van der Waals surface area contributed by atoms with Gasteiger partial charge >= 0.3 is 0 Å². The quantitative estimate of drug-likeness (QED) is 0.442. The molecule has 0 radical (unpaired) electrons. The molecule has 6 nitrogen and oxygen atoms in total. The Morgan fingerprint density at radius 3 is 2.61 bits per heavy atom. The van der Waals surface area contributed by atoms with E-state index in [-0.39, 0.29) is 17.5 Å². The molecule has 0 aliphatic rings. The summed E-state index contributed by atoms with van der Waals surface area (Å²) < 4.78 is 4.64. The van der Waals surface area contributed by atoms with E-state index in [1.54, 1.807) is 11.3 Å². The fraction of sp³-hybridized carbons (Fsp3) is 0.375. The van der Waals surface area contributed by atoms with Crippen LogP contribution in [0.15, 0.2) is 47.3 Å². The lowest BCUT2D eigenvalue weighted by molar-refractivity contribution is -0.121. The summed E-state index contributed by atoms with van der Waals surface area (Å²) in [5.41, 5.74) is 2.71. The average Bonchev–Trinajstić information content (AvgIpc) is 3.34. The maximum atomic E-state index is 13.0. The van der Waals surface area contributed by atoms with Crippen molar-refractivity contribution in [1.82, 2.24) is 19.5 Å². The molecule has 0 unspecified atom stereocenters. The molecule has 1 N–H and O–H groups in total. The Kier molecular flexibility index (Phi) is 6.23. The summed E-state index contributed by atoms with van der Waals surface area (Å²) in [6.45, 7) is 6.59. The third-order valence-electron chi connectivity index (χ3n) is 5.60. The Balaban J connectivity index is 1.48. The summed E-state index contributed by atoms with van der Waals surface area (Å²) in [6.07, 6.45) is 2.63. The van der Waals surface area contributed by atoms with Crippen LogP contribution in [0.5, 0.6) is 0 Å². The number of nitrogens with one attached hydrogen (secondary N) is 1. The third kappa shape index (κ3) is 4.28. The number of aromatic nitrogens is 3. The van der Waals surface area contributed by atoms with Crippen LogP contribution in [0, 0.1) is 0 Å². The summed E-state index contributed by atoms with van der Waals surface area (Å²) in [4.78, 5) is 26.7. The van der Waals surface area contributed by atoms with Gasteiger partial charge in [-0.2, -0.15) is 5.10 Å². The molecule has 3 heterocycles. The van der Waals surface area contributed by atoms with Crippen LogP contribution in [0.4, 0.5) is 0 Å². The molecule has 1 aromatic carbocycles. The van der Waals surface area contributed by atoms with E-state index in [1.807, 2.05) is 54.6 Å². The zero-order valence-electron chi connectivity index (χ0n) is 18.2. The van der Waals surface area contributed by atoms with E-state index in [2.05, 4.69) is 23.4 Å². The van der Waals surface area contributed by atoms with Crippen LogP contribution in [-0.4, -0.2) is 20.1 Å². The van der Waals surface area contributed by atoms with Crippen molar-refractivity contribution in [3.63, 3.8) is 0 Å². The van der Waals surface area contributed by atoms with Gasteiger partial charge in [0.05, 0.1) is 16.3 Å². The highest BCUT2D eigenvalue weighted by Gasteiger charge is 2.16. The molecule has 4 aromatic rings. The number of fused-ring (bicyclic) bond motifs is 3. The molecule has 0 aliphatic carbocycles. The lowest BCUT2D eigenvalue weighted by Gasteiger charge is -2.14. The van der Waals surface area contributed by atoms with Gasteiger partial charge in [-0.1, -0.05) is 44.2 Å². The normalized spacial score (nSPS) is 12.5. The fourth-order valence-corrected chi connectivity index (χ4v) is 4.95. The topological polar surface area (TPSA) is 68.4 Å². The molecule has 0 fully saturated rings. The van der Waals surface area contributed by atoms with Crippen molar-refractivity contribution < 1.29 is 4.79 Å². The largest absolute Gasteiger partial charge is 0.350 e. The summed E-state index contributed by atoms with van der Waals surface area (Å²) in [6, 6.07) is 14.0. The van der Waals surface area contributed by atoms with Crippen LogP contribution in [0.3, 0.4) is 0 Å². The number of amides is 1. The van der Waals surface area contributed by atoms with Crippen molar-refractivity contribution in [2.75, 3.05) is 0 Å². The van der Waals surface area contributed by atoms with Gasteiger partial charge in [-0.3, -0.25) is 14.0 Å². The first-order valence-corrected chi connectivity index (χ1v) is 11.7. The molecule has 3 aromatic heterocycles. The Bertz CT molecular complexity index is 1270. The van der Waals surface area contributed by atoms with Gasteiger partial charge in [-0.25, -0.2) is 4.68 Å². The highest BCUT2D eigenvalue weighted by molar-refractivity contribution is 7.19. The zero-order valence-corrected chi connectivity index (χ0v) is 19.0. The number of carbonyl (C=O) groups excluding carboxylic acids is 1. The smallest absolute Gasteiger partial charge is 0.291 e. The van der Waals surface area contributed by atoms with Gasteiger partial charge in [-0.05, 0) is 37.5 Å². The van der Waals surface area contributed by atoms with E-state index < -0.39 is 0 Å². The number of hydrogen-bond donors (Lipinski definition) is 1. The van der Waals surface area contributed by atoms with Crippen LogP contribution in [0.1, 0.15) is 55.9 Å². The van der Waals surface area contributed by atoms with Gasteiger partial charge in [0, 0.05) is 24.3 Å². The van der Waals surface area contributed by atoms with Gasteiger partial charge in [0.2, 0.25) is 5.91 Å². The lowest BCUT2D eigenvalue weighted by atomic mass is 10.1. The van der Waals surface area contributed by atoms with E-state index in [0.29, 0.717) is 24.9 Å². The zero-order chi connectivity index (χ0) is 22.0. The van der Waals surface area contributed by atoms with Crippen LogP contribution in [0.25, 0.3) is 15.7 Å². The van der Waals surface area contributed by atoms with Gasteiger partial charge in [0.15, 0.2) is 0 Å². The minimum absolute atomic E-state index is 0.0171. The van der Waals surface area contributed by atoms with E-state index >= 15 is 0 Å². The second-order valence-electron chi connectivity index (χ2n) is 7.78. The van der Waals surface area contributed by atoms with Crippen LogP contribution in [-0.2, 0) is 24.2 Å². The molecule has 0 bridgehead atoms. The maximum Gasteiger partial charge on any atom is 0.291 e. The van der Waals surface area contributed by atoms with Crippen molar-refractivity contribution >= 4 is 33.0 Å². The molecule has 1 amide bonds. The molecular formula is C24H28N4O2S. The fourth-order valence-electron chi connectivity index (χ4n) is 3.92. The Morgan fingerprint density at radius 1 is 1.13 bits per heavy atom. The number of carbonyl (C=O) groups is 1. The van der Waals surface area contributed by atoms with Gasteiger partial charge in [0.25, 0.3) is 5.56 Å². The number of rotatable bonds is 8. The first kappa shape index (κ1) is 21.3. The molecule has 0 aliphatic heterocycles. The number of thiophene rings is 1. The summed E-state index contributed by atoms with van der Waals surface area (Å²) in [5, 5.41) is 7.65. The van der Waals surface area contributed by atoms with Crippen LogP contribution >= 0.6 is 11.3 Å². The average molecular weight is 437 g/mol. The molecule has 162 valence electrons. The first-order valence-electron chi connectivity index (χ1n) is 10.9. The number of benzene rings is 1. The minimum Gasteiger partial charge on any atom is -0.350 e. The molecule has 0 spiro atoms. The first-order chi connectivity index (χ1) is 15.0. The highest BCUT2D eigenvalue weighted by Crippen LogP contribution is 2.29. The molecule has 31 heavy (non-hydrogen) atoms. The summed E-state index contributed by atoms with van der Waals surface area (Å²) in [5.74, 6) is 0.851. The number of aryl methyl sites for hydroxylation is 3. The van der Waals surface area contributed by atoms with Crippen molar-refractivity contribution in [3.8, 4) is 0 Å². The van der Waals surface area contributed by atoms with Crippen molar-refractivity contribution in [3.05, 3.63) is 69.1 Å². The molecule has 1 atom stereocenters. The van der Waals surface area contributed by atoms with Crippen LogP contribution < -0.4 is 10.9 Å². The Hall–Kier alpha value is -2.93. The Morgan fingerprint density at radius 2 is 1.90 bits per heavy atom. The number of nitrogens with zero attached hydrogens (tertiary/aromatic N) is 3. The Labute approximate surface area is 185 Å². The monoisotopic (exact) mass is 436 g/mol. The molecular weight excluding hydrogens is 408 g/mol. The predicted octanol–water partition coefficient (Wildman–Crippen LogP) is 4.49. The molecule has 0 saturated heterocycles. The second-order valence-corrected chi connectivity index (χ2v) is 8.95. The van der Waals surface area contributed by atoms with E-state index in [4.69, 9.17) is 0 Å². The van der Waals surface area contributed by atoms with Gasteiger partial charge < -0.3 is 5.32 Å². The lowest BCUT2D eigenvalue weighted by Crippen LogP contribution is -2.29. The van der Waals surface area contributed by atoms with Crippen molar-refractivity contribution in [2.24, 2.45) is 0 Å². The number of hydrogen-bond acceptors (Lipinski definition) is 4. The summed E-state index contributed by atoms with van der Waals surface area (Å²) >= 11 is 1.73. The molecule has 4 rings (SSSR count). The SMILES string of the molecule is CCc1cc2c(cc3c(=O)n(CCCC(=O)N[C@@H](C)c4ccccc4)nc(CC)n32)s1. The third-order valence-corrected chi connectivity index (χ3v) is 6.82. The van der Waals surface area contributed by atoms with Gasteiger partial charge in [0.1, 0.15) is 11.3 Å². The second kappa shape index (κ2) is 9.06. The van der Waals surface area contributed by atoms with E-state index in [1.165, 1.54) is 9.56 Å². The standard InChI is InChI=1S/C24H28N4O2S/c1-4-18-14-19-21(31-18)15-20-24(30)27(26-22(5-2)28(19)20)13-9-12-23(29)25-16(3)17-10-7-6-8-11-17/h6-8,10-11,14-16H,4-5,9,12-13H2,1-3H3,(H,25,29)/t16-/m0/s1. The minimum atomic E-state index is -0.100. The molecule has 0 saturated carbocycles. The van der Waals surface area contributed by atoms with E-state index in [0.717, 1.165) is 34.4 Å². The van der Waals surface area contributed by atoms with Crippen molar-refractivity contribution in [2.45, 2.75) is 59.0 Å².